The minimum Gasteiger partial charge on any atom is -0.377 e. The summed E-state index contributed by atoms with van der Waals surface area (Å²) in [6.07, 6.45) is 6.61. The molecule has 0 aromatic carbocycles. The van der Waals surface area contributed by atoms with Gasteiger partial charge in [-0.3, -0.25) is 0 Å². The van der Waals surface area contributed by atoms with Gasteiger partial charge in [-0.25, -0.2) is 0 Å². The Morgan fingerprint density at radius 3 is 2.25 bits per heavy atom. The summed E-state index contributed by atoms with van der Waals surface area (Å²) in [6, 6.07) is 0. The number of nitrogens with one attached hydrogen (secondary N) is 1. The second-order valence-corrected chi connectivity index (χ2v) is 5.59. The Morgan fingerprint density at radius 2 is 1.75 bits per heavy atom. The van der Waals surface area contributed by atoms with Crippen LogP contribution in [0.15, 0.2) is 0 Å². The van der Waals surface area contributed by atoms with Crippen molar-refractivity contribution in [3.63, 3.8) is 0 Å². The highest BCUT2D eigenvalue weighted by Crippen LogP contribution is 2.05. The first kappa shape index (κ1) is 15.9. The van der Waals surface area contributed by atoms with E-state index in [0.717, 1.165) is 19.6 Å². The van der Waals surface area contributed by atoms with Crippen molar-refractivity contribution in [2.24, 2.45) is 0 Å². The molecule has 1 atom stereocenters. The van der Waals surface area contributed by atoms with Crippen LogP contribution < -0.4 is 5.32 Å². The lowest BCUT2D eigenvalue weighted by Crippen LogP contribution is -2.41. The molecule has 0 aromatic rings. The maximum absolute atomic E-state index is 5.87. The lowest BCUT2D eigenvalue weighted by Gasteiger charge is -2.25. The second-order valence-electron chi connectivity index (χ2n) is 5.59. The van der Waals surface area contributed by atoms with Gasteiger partial charge in [-0.2, -0.15) is 0 Å². The second kappa shape index (κ2) is 9.00. The fourth-order valence-corrected chi connectivity index (χ4v) is 1.52. The van der Waals surface area contributed by atoms with E-state index in [0.29, 0.717) is 6.10 Å². The summed E-state index contributed by atoms with van der Waals surface area (Å²) in [5.74, 6) is 0. The molecule has 0 amide bonds. The molecule has 0 saturated heterocycles. The van der Waals surface area contributed by atoms with Crippen LogP contribution in [0.5, 0.6) is 0 Å². The first-order valence-electron chi connectivity index (χ1n) is 6.86. The van der Waals surface area contributed by atoms with E-state index in [1.54, 1.807) is 0 Å². The third-order valence-electron chi connectivity index (χ3n) is 2.67. The standard InChI is InChI=1S/C14H31NO/c1-6-8-9-10-11-16-13(7-2)12-15-14(3,4)5/h13,15H,6-12H2,1-5H3. The van der Waals surface area contributed by atoms with Crippen LogP contribution in [0.3, 0.4) is 0 Å². The van der Waals surface area contributed by atoms with E-state index in [2.05, 4.69) is 39.9 Å². The highest BCUT2D eigenvalue weighted by molar-refractivity contribution is 4.72. The minimum atomic E-state index is 0.193. The SMILES string of the molecule is CCCCCCOC(CC)CNC(C)(C)C. The molecule has 1 N–H and O–H groups in total. The lowest BCUT2D eigenvalue weighted by atomic mass is 10.1. The van der Waals surface area contributed by atoms with Crippen LogP contribution in [-0.4, -0.2) is 24.8 Å². The Morgan fingerprint density at radius 1 is 1.06 bits per heavy atom. The number of hydrogen-bond donors (Lipinski definition) is 1. The van der Waals surface area contributed by atoms with Crippen molar-refractivity contribution >= 4 is 0 Å². The fourth-order valence-electron chi connectivity index (χ4n) is 1.52. The first-order valence-corrected chi connectivity index (χ1v) is 6.86. The molecule has 0 radical (unpaired) electrons. The van der Waals surface area contributed by atoms with Gasteiger partial charge in [0.05, 0.1) is 6.10 Å². The molecule has 98 valence electrons. The van der Waals surface area contributed by atoms with Crippen LogP contribution >= 0.6 is 0 Å². The molecule has 0 saturated carbocycles. The molecule has 0 aliphatic heterocycles. The van der Waals surface area contributed by atoms with Crippen LogP contribution in [0.25, 0.3) is 0 Å². The van der Waals surface area contributed by atoms with Crippen molar-refractivity contribution in [2.75, 3.05) is 13.2 Å². The number of hydrogen-bond acceptors (Lipinski definition) is 2. The molecule has 0 rings (SSSR count). The van der Waals surface area contributed by atoms with E-state index in [1.807, 2.05) is 0 Å². The van der Waals surface area contributed by atoms with Crippen molar-refractivity contribution < 1.29 is 4.74 Å². The zero-order chi connectivity index (χ0) is 12.4. The summed E-state index contributed by atoms with van der Waals surface area (Å²) in [5.41, 5.74) is 0.193. The van der Waals surface area contributed by atoms with Crippen LogP contribution in [0.2, 0.25) is 0 Å². The van der Waals surface area contributed by atoms with Crippen molar-refractivity contribution in [3.05, 3.63) is 0 Å². The molecule has 0 bridgehead atoms. The molecular weight excluding hydrogens is 198 g/mol. The predicted octanol–water partition coefficient (Wildman–Crippen LogP) is 3.75. The molecule has 0 fully saturated rings. The van der Waals surface area contributed by atoms with Gasteiger partial charge in [0.1, 0.15) is 0 Å². The van der Waals surface area contributed by atoms with E-state index >= 15 is 0 Å². The zero-order valence-corrected chi connectivity index (χ0v) is 11.9. The molecule has 0 aromatic heterocycles. The number of unbranched alkanes of at least 4 members (excludes halogenated alkanes) is 3. The predicted molar refractivity (Wildman–Crippen MR) is 71.9 cm³/mol. The van der Waals surface area contributed by atoms with Crippen molar-refractivity contribution in [2.45, 2.75) is 78.4 Å². The van der Waals surface area contributed by atoms with Gasteiger partial charge in [0.2, 0.25) is 0 Å². The maximum atomic E-state index is 5.87. The lowest BCUT2D eigenvalue weighted by molar-refractivity contribution is 0.0442. The average Bonchev–Trinajstić information content (AvgIpc) is 2.21. The van der Waals surface area contributed by atoms with Gasteiger partial charge in [0, 0.05) is 18.7 Å². The van der Waals surface area contributed by atoms with Gasteiger partial charge >= 0.3 is 0 Å². The Balaban J connectivity index is 3.52. The highest BCUT2D eigenvalue weighted by atomic mass is 16.5. The highest BCUT2D eigenvalue weighted by Gasteiger charge is 2.12. The monoisotopic (exact) mass is 229 g/mol. The first-order chi connectivity index (χ1) is 7.49. The summed E-state index contributed by atoms with van der Waals surface area (Å²) in [4.78, 5) is 0. The van der Waals surface area contributed by atoms with Gasteiger partial charge in [0.25, 0.3) is 0 Å². The molecule has 16 heavy (non-hydrogen) atoms. The van der Waals surface area contributed by atoms with Crippen LogP contribution in [-0.2, 0) is 4.74 Å². The van der Waals surface area contributed by atoms with E-state index in [9.17, 15) is 0 Å². The Labute approximate surface area is 102 Å². The summed E-state index contributed by atoms with van der Waals surface area (Å²) in [7, 11) is 0. The fraction of sp³-hybridized carbons (Fsp3) is 1.00. The smallest absolute Gasteiger partial charge is 0.0697 e. The third kappa shape index (κ3) is 10.4. The van der Waals surface area contributed by atoms with E-state index < -0.39 is 0 Å². The molecule has 0 spiro atoms. The zero-order valence-electron chi connectivity index (χ0n) is 11.9. The molecule has 2 nitrogen and oxygen atoms in total. The molecule has 2 heteroatoms. The van der Waals surface area contributed by atoms with Crippen LogP contribution in [0, 0.1) is 0 Å². The molecule has 0 aliphatic rings. The Bertz CT molecular complexity index is 151. The van der Waals surface area contributed by atoms with Crippen molar-refractivity contribution in [1.82, 2.24) is 5.32 Å². The number of rotatable bonds is 9. The Hall–Kier alpha value is -0.0800. The summed E-state index contributed by atoms with van der Waals surface area (Å²) < 4.78 is 5.87. The average molecular weight is 229 g/mol. The third-order valence-corrected chi connectivity index (χ3v) is 2.67. The van der Waals surface area contributed by atoms with Gasteiger partial charge in [-0.1, -0.05) is 33.1 Å². The molecule has 1 unspecified atom stereocenters. The van der Waals surface area contributed by atoms with Crippen molar-refractivity contribution in [1.29, 1.82) is 0 Å². The van der Waals surface area contributed by atoms with E-state index in [-0.39, 0.29) is 5.54 Å². The van der Waals surface area contributed by atoms with Gasteiger partial charge in [-0.15, -0.1) is 0 Å². The Kier molecular flexibility index (Phi) is 8.96. The van der Waals surface area contributed by atoms with Crippen LogP contribution in [0.1, 0.15) is 66.7 Å². The molecule has 0 heterocycles. The van der Waals surface area contributed by atoms with Crippen molar-refractivity contribution in [3.8, 4) is 0 Å². The largest absolute Gasteiger partial charge is 0.377 e. The van der Waals surface area contributed by atoms with Gasteiger partial charge in [0.15, 0.2) is 0 Å². The normalized spacial score (nSPS) is 14.1. The van der Waals surface area contributed by atoms with Crippen LogP contribution in [0.4, 0.5) is 0 Å². The summed E-state index contributed by atoms with van der Waals surface area (Å²) in [6.45, 7) is 12.9. The van der Waals surface area contributed by atoms with E-state index in [4.69, 9.17) is 4.74 Å². The molecular formula is C14H31NO. The molecule has 0 aliphatic carbocycles. The quantitative estimate of drug-likeness (QED) is 0.608. The topological polar surface area (TPSA) is 21.3 Å². The summed E-state index contributed by atoms with van der Waals surface area (Å²) in [5, 5.41) is 3.50. The summed E-state index contributed by atoms with van der Waals surface area (Å²) >= 11 is 0. The minimum absolute atomic E-state index is 0.193. The van der Waals surface area contributed by atoms with Gasteiger partial charge < -0.3 is 10.1 Å². The maximum Gasteiger partial charge on any atom is 0.0697 e. The van der Waals surface area contributed by atoms with Gasteiger partial charge in [-0.05, 0) is 33.6 Å². The van der Waals surface area contributed by atoms with E-state index in [1.165, 1.54) is 25.7 Å². The number of ether oxygens (including phenoxy) is 1.